The van der Waals surface area contributed by atoms with Crippen LogP contribution in [0.5, 0.6) is 0 Å². The van der Waals surface area contributed by atoms with Crippen molar-refractivity contribution in [2.75, 3.05) is 18.1 Å². The number of rotatable bonds is 3. The predicted octanol–water partition coefficient (Wildman–Crippen LogP) is 1.70. The van der Waals surface area contributed by atoms with Crippen molar-refractivity contribution in [2.45, 2.75) is 18.9 Å². The number of nitrogens with zero attached hydrogens (tertiary/aromatic N) is 1. The van der Waals surface area contributed by atoms with Crippen molar-refractivity contribution < 1.29 is 13.2 Å². The Bertz CT molecular complexity index is 588. The Balaban J connectivity index is 2.12. The number of carbonyl (C=O) groups is 1. The SMILES string of the molecule is CS(=O)(=O)N1CCC[C@@H]1C(=O)Nc1cccc(Cl)c1. The molecule has 1 aliphatic heterocycles. The molecule has 0 bridgehead atoms. The number of anilines is 1. The fourth-order valence-corrected chi connectivity index (χ4v) is 3.51. The van der Waals surface area contributed by atoms with Crippen molar-refractivity contribution in [3.63, 3.8) is 0 Å². The molecule has 0 aromatic heterocycles. The fraction of sp³-hybridized carbons (Fsp3) is 0.417. The minimum absolute atomic E-state index is 0.315. The van der Waals surface area contributed by atoms with Gasteiger partial charge in [-0.05, 0) is 31.0 Å². The van der Waals surface area contributed by atoms with E-state index in [4.69, 9.17) is 11.6 Å². The normalized spacial score (nSPS) is 20.4. The van der Waals surface area contributed by atoms with Gasteiger partial charge in [0.2, 0.25) is 15.9 Å². The fourth-order valence-electron chi connectivity index (χ4n) is 2.19. The summed E-state index contributed by atoms with van der Waals surface area (Å²) in [5.41, 5.74) is 0.567. The molecule has 1 N–H and O–H groups in total. The average molecular weight is 303 g/mol. The molecule has 1 fully saturated rings. The van der Waals surface area contributed by atoms with Gasteiger partial charge in [0.05, 0.1) is 6.26 Å². The van der Waals surface area contributed by atoms with Gasteiger partial charge in [-0.25, -0.2) is 8.42 Å². The van der Waals surface area contributed by atoms with E-state index in [0.717, 1.165) is 6.26 Å². The highest BCUT2D eigenvalue weighted by Crippen LogP contribution is 2.22. The maximum atomic E-state index is 12.1. The smallest absolute Gasteiger partial charge is 0.242 e. The molecule has 1 aromatic rings. The molecule has 104 valence electrons. The van der Waals surface area contributed by atoms with Gasteiger partial charge in [-0.2, -0.15) is 4.31 Å². The third kappa shape index (κ3) is 3.46. The monoisotopic (exact) mass is 302 g/mol. The Morgan fingerprint density at radius 2 is 2.21 bits per heavy atom. The van der Waals surface area contributed by atoms with Crippen LogP contribution in [0.1, 0.15) is 12.8 Å². The number of nitrogens with one attached hydrogen (secondary N) is 1. The molecule has 1 aromatic carbocycles. The molecule has 1 saturated heterocycles. The highest BCUT2D eigenvalue weighted by Gasteiger charge is 2.36. The summed E-state index contributed by atoms with van der Waals surface area (Å²) in [6, 6.07) is 6.13. The van der Waals surface area contributed by atoms with Crippen LogP contribution in [0.2, 0.25) is 5.02 Å². The summed E-state index contributed by atoms with van der Waals surface area (Å²) in [6.07, 6.45) is 2.36. The average Bonchev–Trinajstić information content (AvgIpc) is 2.77. The quantitative estimate of drug-likeness (QED) is 0.924. The largest absolute Gasteiger partial charge is 0.325 e. The minimum Gasteiger partial charge on any atom is -0.325 e. The summed E-state index contributed by atoms with van der Waals surface area (Å²) >= 11 is 5.83. The molecule has 0 spiro atoms. The van der Waals surface area contributed by atoms with Gasteiger partial charge in [0, 0.05) is 17.3 Å². The van der Waals surface area contributed by atoms with Crippen molar-refractivity contribution in [3.05, 3.63) is 29.3 Å². The molecule has 1 aliphatic rings. The number of halogens is 1. The third-order valence-corrected chi connectivity index (χ3v) is 4.55. The Labute approximate surface area is 117 Å². The maximum absolute atomic E-state index is 12.1. The van der Waals surface area contributed by atoms with Crippen molar-refractivity contribution in [3.8, 4) is 0 Å². The highest BCUT2D eigenvalue weighted by atomic mass is 35.5. The van der Waals surface area contributed by atoms with Gasteiger partial charge in [0.1, 0.15) is 6.04 Å². The molecule has 0 radical (unpaired) electrons. The molecule has 1 amide bonds. The number of hydrogen-bond acceptors (Lipinski definition) is 3. The second-order valence-corrected chi connectivity index (χ2v) is 6.90. The topological polar surface area (TPSA) is 66.5 Å². The van der Waals surface area contributed by atoms with E-state index in [1.165, 1.54) is 4.31 Å². The lowest BCUT2D eigenvalue weighted by molar-refractivity contribution is -0.119. The molecule has 0 aliphatic carbocycles. The summed E-state index contributed by atoms with van der Waals surface area (Å²) in [6.45, 7) is 0.395. The molecule has 0 saturated carbocycles. The Morgan fingerprint density at radius 3 is 2.84 bits per heavy atom. The van der Waals surface area contributed by atoms with Crippen LogP contribution in [-0.4, -0.2) is 37.5 Å². The number of sulfonamides is 1. The van der Waals surface area contributed by atoms with Crippen molar-refractivity contribution in [2.24, 2.45) is 0 Å². The van der Waals surface area contributed by atoms with Crippen LogP contribution in [0.4, 0.5) is 5.69 Å². The van der Waals surface area contributed by atoms with Gasteiger partial charge in [-0.1, -0.05) is 17.7 Å². The van der Waals surface area contributed by atoms with E-state index >= 15 is 0 Å². The number of carbonyl (C=O) groups excluding carboxylic acids is 1. The van der Waals surface area contributed by atoms with Gasteiger partial charge < -0.3 is 5.32 Å². The lowest BCUT2D eigenvalue weighted by Crippen LogP contribution is -2.42. The molecule has 5 nitrogen and oxygen atoms in total. The van der Waals surface area contributed by atoms with Crippen LogP contribution in [0.3, 0.4) is 0 Å². The van der Waals surface area contributed by atoms with Crippen molar-refractivity contribution in [1.82, 2.24) is 4.31 Å². The first-order chi connectivity index (χ1) is 8.88. The highest BCUT2D eigenvalue weighted by molar-refractivity contribution is 7.88. The Hall–Kier alpha value is -1.11. The first-order valence-electron chi connectivity index (χ1n) is 5.91. The van der Waals surface area contributed by atoms with Gasteiger partial charge in [0.25, 0.3) is 0 Å². The molecule has 2 rings (SSSR count). The van der Waals surface area contributed by atoms with E-state index in [1.54, 1.807) is 24.3 Å². The van der Waals surface area contributed by atoms with Crippen LogP contribution in [0.25, 0.3) is 0 Å². The molecule has 7 heteroatoms. The molecule has 0 unspecified atom stereocenters. The second-order valence-electron chi connectivity index (χ2n) is 4.53. The van der Waals surface area contributed by atoms with Crippen molar-refractivity contribution >= 4 is 33.2 Å². The minimum atomic E-state index is -3.35. The van der Waals surface area contributed by atoms with Crippen LogP contribution in [0.15, 0.2) is 24.3 Å². The molecular formula is C12H15ClN2O3S. The lowest BCUT2D eigenvalue weighted by atomic mass is 10.2. The maximum Gasteiger partial charge on any atom is 0.242 e. The molecular weight excluding hydrogens is 288 g/mol. The lowest BCUT2D eigenvalue weighted by Gasteiger charge is -2.21. The first-order valence-corrected chi connectivity index (χ1v) is 8.14. The third-order valence-electron chi connectivity index (χ3n) is 3.02. The van der Waals surface area contributed by atoms with Crippen LogP contribution >= 0.6 is 11.6 Å². The summed E-state index contributed by atoms with van der Waals surface area (Å²) in [7, 11) is -3.35. The van der Waals surface area contributed by atoms with Crippen LogP contribution in [-0.2, 0) is 14.8 Å². The number of benzene rings is 1. The van der Waals surface area contributed by atoms with E-state index in [2.05, 4.69) is 5.32 Å². The summed E-state index contributed by atoms with van der Waals surface area (Å²) in [5.74, 6) is -0.315. The molecule has 19 heavy (non-hydrogen) atoms. The first kappa shape index (κ1) is 14.3. The zero-order valence-electron chi connectivity index (χ0n) is 10.5. The summed E-state index contributed by atoms with van der Waals surface area (Å²) < 4.78 is 24.4. The van der Waals surface area contributed by atoms with Gasteiger partial charge >= 0.3 is 0 Å². The van der Waals surface area contributed by atoms with E-state index in [9.17, 15) is 13.2 Å². The van der Waals surface area contributed by atoms with Crippen LogP contribution < -0.4 is 5.32 Å². The Morgan fingerprint density at radius 1 is 1.47 bits per heavy atom. The summed E-state index contributed by atoms with van der Waals surface area (Å²) in [5, 5.41) is 3.22. The second kappa shape index (κ2) is 5.48. The zero-order valence-corrected chi connectivity index (χ0v) is 12.0. The van der Waals surface area contributed by atoms with E-state index in [1.807, 2.05) is 0 Å². The molecule has 1 atom stereocenters. The number of hydrogen-bond donors (Lipinski definition) is 1. The van der Waals surface area contributed by atoms with E-state index in [0.29, 0.717) is 30.1 Å². The van der Waals surface area contributed by atoms with E-state index in [-0.39, 0.29) is 5.91 Å². The zero-order chi connectivity index (χ0) is 14.0. The number of amides is 1. The van der Waals surface area contributed by atoms with Gasteiger partial charge in [0.15, 0.2) is 0 Å². The van der Waals surface area contributed by atoms with Crippen molar-refractivity contribution in [1.29, 1.82) is 0 Å². The van der Waals surface area contributed by atoms with Crippen LogP contribution in [0, 0.1) is 0 Å². The van der Waals surface area contributed by atoms with Gasteiger partial charge in [-0.15, -0.1) is 0 Å². The summed E-state index contributed by atoms with van der Waals surface area (Å²) in [4.78, 5) is 12.1. The van der Waals surface area contributed by atoms with E-state index < -0.39 is 16.1 Å². The molecule has 1 heterocycles. The predicted molar refractivity (Wildman–Crippen MR) is 74.7 cm³/mol. The standard InChI is InChI=1S/C12H15ClN2O3S/c1-19(17,18)15-7-3-6-11(15)12(16)14-10-5-2-4-9(13)8-10/h2,4-5,8,11H,3,6-7H2,1H3,(H,14,16)/t11-/m1/s1. The Kier molecular flexibility index (Phi) is 4.13. The van der Waals surface area contributed by atoms with Gasteiger partial charge in [-0.3, -0.25) is 4.79 Å².